The highest BCUT2D eigenvalue weighted by atomic mass is 16.2. The van der Waals surface area contributed by atoms with Gasteiger partial charge in [0.2, 0.25) is 5.91 Å². The first-order valence-electron chi connectivity index (χ1n) is 6.16. The Balaban J connectivity index is 2.45. The Morgan fingerprint density at radius 2 is 1.71 bits per heavy atom. The van der Waals surface area contributed by atoms with Gasteiger partial charge in [-0.3, -0.25) is 4.79 Å². The van der Waals surface area contributed by atoms with E-state index in [1.54, 1.807) is 0 Å². The Morgan fingerprint density at radius 1 is 1.18 bits per heavy atom. The summed E-state index contributed by atoms with van der Waals surface area (Å²) in [5, 5.41) is 0. The zero-order valence-corrected chi connectivity index (χ0v) is 11.4. The molecule has 1 aliphatic rings. The number of aryl methyl sites for hydroxylation is 2. The van der Waals surface area contributed by atoms with Gasteiger partial charge in [-0.1, -0.05) is 19.1 Å². The lowest BCUT2D eigenvalue weighted by Crippen LogP contribution is -2.26. The van der Waals surface area contributed by atoms with Crippen LogP contribution in [0.1, 0.15) is 35.6 Å². The van der Waals surface area contributed by atoms with Gasteiger partial charge in [-0.2, -0.15) is 0 Å². The zero-order chi connectivity index (χ0) is 12.8. The van der Waals surface area contributed by atoms with E-state index >= 15 is 0 Å². The van der Waals surface area contributed by atoms with Crippen molar-refractivity contribution < 1.29 is 4.79 Å². The number of amides is 1. The molecule has 0 radical (unpaired) electrons. The van der Waals surface area contributed by atoms with Crippen molar-refractivity contribution in [3.05, 3.63) is 34.4 Å². The van der Waals surface area contributed by atoms with Crippen LogP contribution >= 0.6 is 0 Å². The SMILES string of the molecule is Cc1cc(C2(C)CC(=O)N(C)C2)cc(C)c1C. The molecule has 1 fully saturated rings. The Labute approximate surface area is 104 Å². The van der Waals surface area contributed by atoms with Crippen LogP contribution in [-0.2, 0) is 10.2 Å². The predicted octanol–water partition coefficient (Wildman–Crippen LogP) is 2.73. The molecule has 1 aromatic carbocycles. The average molecular weight is 231 g/mol. The van der Waals surface area contributed by atoms with Gasteiger partial charge < -0.3 is 4.90 Å². The first-order valence-corrected chi connectivity index (χ1v) is 6.16. The summed E-state index contributed by atoms with van der Waals surface area (Å²) in [6, 6.07) is 4.49. The molecule has 2 nitrogen and oxygen atoms in total. The highest BCUT2D eigenvalue weighted by molar-refractivity contribution is 5.80. The van der Waals surface area contributed by atoms with Crippen LogP contribution in [0.15, 0.2) is 12.1 Å². The quantitative estimate of drug-likeness (QED) is 0.727. The van der Waals surface area contributed by atoms with E-state index in [1.807, 2.05) is 11.9 Å². The van der Waals surface area contributed by atoms with Crippen molar-refractivity contribution in [1.29, 1.82) is 0 Å². The fourth-order valence-corrected chi connectivity index (χ4v) is 2.71. The molecule has 2 rings (SSSR count). The molecule has 1 atom stereocenters. The van der Waals surface area contributed by atoms with Crippen molar-refractivity contribution in [3.8, 4) is 0 Å². The molecule has 1 unspecified atom stereocenters. The summed E-state index contributed by atoms with van der Waals surface area (Å²) in [7, 11) is 1.89. The number of benzene rings is 1. The Bertz CT molecular complexity index is 455. The second-order valence-corrected chi connectivity index (χ2v) is 5.72. The Hall–Kier alpha value is -1.31. The zero-order valence-electron chi connectivity index (χ0n) is 11.4. The van der Waals surface area contributed by atoms with E-state index in [9.17, 15) is 4.79 Å². The van der Waals surface area contributed by atoms with E-state index < -0.39 is 0 Å². The third-order valence-electron chi connectivity index (χ3n) is 4.18. The van der Waals surface area contributed by atoms with Gasteiger partial charge in [0.15, 0.2) is 0 Å². The van der Waals surface area contributed by atoms with Crippen molar-refractivity contribution in [1.82, 2.24) is 4.90 Å². The second-order valence-electron chi connectivity index (χ2n) is 5.72. The molecule has 2 heteroatoms. The van der Waals surface area contributed by atoms with Gasteiger partial charge in [0.1, 0.15) is 0 Å². The summed E-state index contributed by atoms with van der Waals surface area (Å²) in [5.74, 6) is 0.253. The maximum atomic E-state index is 11.7. The van der Waals surface area contributed by atoms with Crippen LogP contribution in [0.3, 0.4) is 0 Å². The molecule has 0 bridgehead atoms. The Morgan fingerprint density at radius 3 is 2.12 bits per heavy atom. The summed E-state index contributed by atoms with van der Waals surface area (Å²) in [6.45, 7) is 9.47. The summed E-state index contributed by atoms with van der Waals surface area (Å²) in [5.41, 5.74) is 5.28. The van der Waals surface area contributed by atoms with E-state index in [0.29, 0.717) is 6.42 Å². The molecule has 0 saturated carbocycles. The third kappa shape index (κ3) is 1.97. The minimum atomic E-state index is -0.0188. The van der Waals surface area contributed by atoms with Crippen LogP contribution in [-0.4, -0.2) is 24.4 Å². The largest absolute Gasteiger partial charge is 0.345 e. The first-order chi connectivity index (χ1) is 7.83. The highest BCUT2D eigenvalue weighted by Crippen LogP contribution is 2.35. The highest BCUT2D eigenvalue weighted by Gasteiger charge is 2.39. The third-order valence-corrected chi connectivity index (χ3v) is 4.18. The monoisotopic (exact) mass is 231 g/mol. The van der Waals surface area contributed by atoms with Crippen molar-refractivity contribution in [2.24, 2.45) is 0 Å². The summed E-state index contributed by atoms with van der Waals surface area (Å²) in [6.07, 6.45) is 0.630. The molecular weight excluding hydrogens is 210 g/mol. The van der Waals surface area contributed by atoms with E-state index in [2.05, 4.69) is 39.8 Å². The minimum Gasteiger partial charge on any atom is -0.345 e. The lowest BCUT2D eigenvalue weighted by molar-refractivity contribution is -0.126. The van der Waals surface area contributed by atoms with Crippen LogP contribution in [0.2, 0.25) is 0 Å². The number of rotatable bonds is 1. The van der Waals surface area contributed by atoms with Gasteiger partial charge in [-0.25, -0.2) is 0 Å². The molecule has 1 saturated heterocycles. The molecule has 1 heterocycles. The lowest BCUT2D eigenvalue weighted by Gasteiger charge is -2.25. The smallest absolute Gasteiger partial charge is 0.223 e. The normalized spacial score (nSPS) is 24.5. The fourth-order valence-electron chi connectivity index (χ4n) is 2.71. The topological polar surface area (TPSA) is 20.3 Å². The second kappa shape index (κ2) is 3.86. The number of carbonyl (C=O) groups is 1. The predicted molar refractivity (Wildman–Crippen MR) is 70.3 cm³/mol. The molecular formula is C15H21NO. The van der Waals surface area contributed by atoms with Gasteiger partial charge in [0, 0.05) is 25.4 Å². The van der Waals surface area contributed by atoms with E-state index in [0.717, 1.165) is 6.54 Å². The maximum absolute atomic E-state index is 11.7. The van der Waals surface area contributed by atoms with Crippen molar-refractivity contribution in [2.75, 3.05) is 13.6 Å². The molecule has 0 N–H and O–H groups in total. The van der Waals surface area contributed by atoms with Gasteiger partial charge in [-0.05, 0) is 43.0 Å². The van der Waals surface area contributed by atoms with Crippen molar-refractivity contribution in [2.45, 2.75) is 39.5 Å². The van der Waals surface area contributed by atoms with Gasteiger partial charge in [-0.15, -0.1) is 0 Å². The summed E-state index contributed by atoms with van der Waals surface area (Å²) >= 11 is 0. The Kier molecular flexibility index (Phi) is 2.76. The standard InChI is InChI=1S/C15H21NO/c1-10-6-13(7-11(2)12(10)3)15(4)8-14(17)16(5)9-15/h6-7H,8-9H2,1-5H3. The van der Waals surface area contributed by atoms with E-state index in [4.69, 9.17) is 0 Å². The molecule has 0 aliphatic carbocycles. The van der Waals surface area contributed by atoms with Crippen LogP contribution in [0.5, 0.6) is 0 Å². The maximum Gasteiger partial charge on any atom is 0.223 e. The van der Waals surface area contributed by atoms with Crippen LogP contribution in [0.4, 0.5) is 0 Å². The van der Waals surface area contributed by atoms with Gasteiger partial charge in [0.25, 0.3) is 0 Å². The number of hydrogen-bond acceptors (Lipinski definition) is 1. The number of nitrogens with zero attached hydrogens (tertiary/aromatic N) is 1. The van der Waals surface area contributed by atoms with E-state index in [-0.39, 0.29) is 11.3 Å². The molecule has 1 aromatic rings. The van der Waals surface area contributed by atoms with Gasteiger partial charge in [0.05, 0.1) is 0 Å². The van der Waals surface area contributed by atoms with Gasteiger partial charge >= 0.3 is 0 Å². The average Bonchev–Trinajstić information content (AvgIpc) is 2.50. The summed E-state index contributed by atoms with van der Waals surface area (Å²) in [4.78, 5) is 13.6. The molecule has 17 heavy (non-hydrogen) atoms. The number of hydrogen-bond donors (Lipinski definition) is 0. The molecule has 1 amide bonds. The lowest BCUT2D eigenvalue weighted by atomic mass is 9.79. The van der Waals surface area contributed by atoms with E-state index in [1.165, 1.54) is 22.3 Å². The number of likely N-dealkylation sites (N-methyl/N-ethyl adjacent to an activating group) is 1. The van der Waals surface area contributed by atoms with Crippen LogP contribution < -0.4 is 0 Å². The number of likely N-dealkylation sites (tertiary alicyclic amines) is 1. The number of carbonyl (C=O) groups excluding carboxylic acids is 1. The van der Waals surface area contributed by atoms with Crippen LogP contribution in [0, 0.1) is 20.8 Å². The fraction of sp³-hybridized carbons (Fsp3) is 0.533. The first kappa shape index (κ1) is 12.2. The minimum absolute atomic E-state index is 0.0188. The molecule has 0 aromatic heterocycles. The van der Waals surface area contributed by atoms with Crippen molar-refractivity contribution >= 4 is 5.91 Å². The van der Waals surface area contributed by atoms with Crippen LogP contribution in [0.25, 0.3) is 0 Å². The molecule has 0 spiro atoms. The molecule has 92 valence electrons. The van der Waals surface area contributed by atoms with Crippen molar-refractivity contribution in [3.63, 3.8) is 0 Å². The molecule has 1 aliphatic heterocycles. The summed E-state index contributed by atoms with van der Waals surface area (Å²) < 4.78 is 0.